The summed E-state index contributed by atoms with van der Waals surface area (Å²) < 4.78 is 0. The van der Waals surface area contributed by atoms with Crippen molar-refractivity contribution in [2.75, 3.05) is 11.9 Å². The molecule has 0 aromatic heterocycles. The standard InChI is InChI=1S/C18H20N2S/c1-14-9-10-17-16(12-14)13-20(18(21)19-17)11-5-8-15-6-3-2-4-7-15/h2-4,6-7,9-10,12H,5,8,11,13H2,1H3,(H,19,21). The monoisotopic (exact) mass is 296 g/mol. The molecule has 0 radical (unpaired) electrons. The van der Waals surface area contributed by atoms with Crippen molar-refractivity contribution < 1.29 is 0 Å². The van der Waals surface area contributed by atoms with Gasteiger partial charge in [0.05, 0.1) is 0 Å². The summed E-state index contributed by atoms with van der Waals surface area (Å²) in [5, 5.41) is 4.19. The van der Waals surface area contributed by atoms with Crippen LogP contribution in [0.1, 0.15) is 23.1 Å². The van der Waals surface area contributed by atoms with E-state index >= 15 is 0 Å². The molecule has 0 aliphatic carbocycles. The Balaban J connectivity index is 1.60. The number of aryl methyl sites for hydroxylation is 2. The summed E-state index contributed by atoms with van der Waals surface area (Å²) in [6.07, 6.45) is 2.22. The fraction of sp³-hybridized carbons (Fsp3) is 0.278. The zero-order valence-corrected chi connectivity index (χ0v) is 13.1. The Morgan fingerprint density at radius 2 is 1.95 bits per heavy atom. The number of fused-ring (bicyclic) bond motifs is 1. The van der Waals surface area contributed by atoms with Crippen LogP contribution in [0.15, 0.2) is 48.5 Å². The van der Waals surface area contributed by atoms with Gasteiger partial charge in [0, 0.05) is 18.8 Å². The van der Waals surface area contributed by atoms with Crippen LogP contribution in [0.3, 0.4) is 0 Å². The van der Waals surface area contributed by atoms with E-state index in [1.54, 1.807) is 0 Å². The van der Waals surface area contributed by atoms with Crippen LogP contribution in [0.4, 0.5) is 5.69 Å². The van der Waals surface area contributed by atoms with E-state index in [-0.39, 0.29) is 0 Å². The molecule has 1 aliphatic rings. The van der Waals surface area contributed by atoms with E-state index < -0.39 is 0 Å². The predicted molar refractivity (Wildman–Crippen MR) is 92.6 cm³/mol. The van der Waals surface area contributed by atoms with E-state index in [2.05, 4.69) is 65.7 Å². The molecule has 3 heteroatoms. The van der Waals surface area contributed by atoms with Crippen molar-refractivity contribution in [2.45, 2.75) is 26.3 Å². The molecule has 0 saturated carbocycles. The van der Waals surface area contributed by atoms with Gasteiger partial charge in [-0.05, 0) is 49.2 Å². The first-order chi connectivity index (χ1) is 10.2. The van der Waals surface area contributed by atoms with Crippen molar-refractivity contribution in [1.82, 2.24) is 4.90 Å². The first-order valence-electron chi connectivity index (χ1n) is 7.42. The third-order valence-electron chi connectivity index (χ3n) is 3.89. The molecule has 0 amide bonds. The normalized spacial score (nSPS) is 13.8. The van der Waals surface area contributed by atoms with Gasteiger partial charge in [-0.2, -0.15) is 0 Å². The van der Waals surface area contributed by atoms with E-state index in [0.29, 0.717) is 0 Å². The van der Waals surface area contributed by atoms with Gasteiger partial charge in [0.1, 0.15) is 0 Å². The molecule has 2 nitrogen and oxygen atoms in total. The van der Waals surface area contributed by atoms with Crippen LogP contribution in [0.25, 0.3) is 0 Å². The topological polar surface area (TPSA) is 15.3 Å². The Labute approximate surface area is 131 Å². The summed E-state index contributed by atoms with van der Waals surface area (Å²) in [5.41, 5.74) is 5.19. The lowest BCUT2D eigenvalue weighted by molar-refractivity contribution is 0.405. The molecule has 3 rings (SSSR count). The predicted octanol–water partition coefficient (Wildman–Crippen LogP) is 4.14. The van der Waals surface area contributed by atoms with Gasteiger partial charge in [-0.15, -0.1) is 0 Å². The maximum Gasteiger partial charge on any atom is 0.173 e. The number of benzene rings is 2. The molecular formula is C18H20N2S. The van der Waals surface area contributed by atoms with Crippen molar-refractivity contribution in [3.8, 4) is 0 Å². The first-order valence-corrected chi connectivity index (χ1v) is 7.82. The van der Waals surface area contributed by atoms with Crippen LogP contribution in [-0.2, 0) is 13.0 Å². The number of hydrogen-bond donors (Lipinski definition) is 1. The summed E-state index contributed by atoms with van der Waals surface area (Å²) in [6.45, 7) is 4.04. The number of anilines is 1. The third-order valence-corrected chi connectivity index (χ3v) is 4.25. The molecule has 1 aliphatic heterocycles. The molecule has 0 unspecified atom stereocenters. The van der Waals surface area contributed by atoms with E-state index in [1.807, 2.05) is 0 Å². The largest absolute Gasteiger partial charge is 0.345 e. The number of nitrogens with one attached hydrogen (secondary N) is 1. The highest BCUT2D eigenvalue weighted by atomic mass is 32.1. The molecule has 0 saturated heterocycles. The molecule has 0 bridgehead atoms. The number of hydrogen-bond acceptors (Lipinski definition) is 1. The van der Waals surface area contributed by atoms with Gasteiger partial charge >= 0.3 is 0 Å². The van der Waals surface area contributed by atoms with Gasteiger partial charge in [0.25, 0.3) is 0 Å². The molecule has 0 spiro atoms. The summed E-state index contributed by atoms with van der Waals surface area (Å²) in [7, 11) is 0. The summed E-state index contributed by atoms with van der Waals surface area (Å²) in [4.78, 5) is 2.26. The van der Waals surface area contributed by atoms with Crippen LogP contribution < -0.4 is 5.32 Å². The van der Waals surface area contributed by atoms with Crippen molar-refractivity contribution >= 4 is 23.0 Å². The van der Waals surface area contributed by atoms with Crippen LogP contribution in [0.2, 0.25) is 0 Å². The Morgan fingerprint density at radius 1 is 1.14 bits per heavy atom. The molecular weight excluding hydrogens is 276 g/mol. The van der Waals surface area contributed by atoms with Gasteiger partial charge < -0.3 is 10.2 Å². The zero-order valence-electron chi connectivity index (χ0n) is 12.3. The maximum atomic E-state index is 5.48. The average Bonchev–Trinajstić information content (AvgIpc) is 2.49. The third kappa shape index (κ3) is 3.42. The summed E-state index contributed by atoms with van der Waals surface area (Å²) >= 11 is 5.48. The molecule has 21 heavy (non-hydrogen) atoms. The molecule has 2 aromatic rings. The summed E-state index contributed by atoms with van der Waals surface area (Å²) in [5.74, 6) is 0. The van der Waals surface area contributed by atoms with Crippen molar-refractivity contribution in [2.24, 2.45) is 0 Å². The fourth-order valence-electron chi connectivity index (χ4n) is 2.75. The molecule has 0 fully saturated rings. The zero-order chi connectivity index (χ0) is 14.7. The smallest absolute Gasteiger partial charge is 0.173 e. The maximum absolute atomic E-state index is 5.48. The second kappa shape index (κ2) is 6.27. The highest BCUT2D eigenvalue weighted by Gasteiger charge is 2.18. The van der Waals surface area contributed by atoms with E-state index in [0.717, 1.165) is 36.7 Å². The van der Waals surface area contributed by atoms with Crippen LogP contribution in [0, 0.1) is 6.92 Å². The van der Waals surface area contributed by atoms with E-state index in [4.69, 9.17) is 12.2 Å². The van der Waals surface area contributed by atoms with Gasteiger partial charge in [-0.25, -0.2) is 0 Å². The SMILES string of the molecule is Cc1ccc2c(c1)CN(CCCc1ccccc1)C(=S)N2. The minimum atomic E-state index is 0.847. The van der Waals surface area contributed by atoms with Gasteiger partial charge in [0.2, 0.25) is 0 Å². The highest BCUT2D eigenvalue weighted by Crippen LogP contribution is 2.24. The van der Waals surface area contributed by atoms with Crippen molar-refractivity contribution in [1.29, 1.82) is 0 Å². The van der Waals surface area contributed by atoms with Crippen LogP contribution in [0.5, 0.6) is 0 Å². The number of thiocarbonyl (C=S) groups is 1. The molecule has 2 aromatic carbocycles. The fourth-order valence-corrected chi connectivity index (χ4v) is 3.01. The van der Waals surface area contributed by atoms with E-state index in [1.165, 1.54) is 16.7 Å². The minimum Gasteiger partial charge on any atom is -0.345 e. The van der Waals surface area contributed by atoms with Gasteiger partial charge in [-0.3, -0.25) is 0 Å². The van der Waals surface area contributed by atoms with Crippen LogP contribution >= 0.6 is 12.2 Å². The summed E-state index contributed by atoms with van der Waals surface area (Å²) in [6, 6.07) is 17.1. The Kier molecular flexibility index (Phi) is 4.20. The average molecular weight is 296 g/mol. The molecule has 108 valence electrons. The second-order valence-corrected chi connectivity index (χ2v) is 5.99. The quantitative estimate of drug-likeness (QED) is 0.854. The lowest BCUT2D eigenvalue weighted by atomic mass is 10.1. The molecule has 1 heterocycles. The number of nitrogens with zero attached hydrogens (tertiary/aromatic N) is 1. The lowest BCUT2D eigenvalue weighted by Gasteiger charge is -2.32. The molecule has 0 atom stereocenters. The Bertz CT molecular complexity index is 637. The van der Waals surface area contributed by atoms with Crippen molar-refractivity contribution in [3.05, 3.63) is 65.2 Å². The van der Waals surface area contributed by atoms with Crippen LogP contribution in [-0.4, -0.2) is 16.6 Å². The Hall–Kier alpha value is -1.87. The van der Waals surface area contributed by atoms with Gasteiger partial charge in [-0.1, -0.05) is 48.0 Å². The second-order valence-electron chi connectivity index (χ2n) is 5.60. The first kappa shape index (κ1) is 14.1. The lowest BCUT2D eigenvalue weighted by Crippen LogP contribution is -2.39. The molecule has 1 N–H and O–H groups in total. The number of rotatable bonds is 4. The van der Waals surface area contributed by atoms with Crippen molar-refractivity contribution in [3.63, 3.8) is 0 Å². The van der Waals surface area contributed by atoms with Gasteiger partial charge in [0.15, 0.2) is 5.11 Å². The van der Waals surface area contributed by atoms with E-state index in [9.17, 15) is 0 Å². The highest BCUT2D eigenvalue weighted by molar-refractivity contribution is 7.80. The minimum absolute atomic E-state index is 0.847. The Morgan fingerprint density at radius 3 is 2.76 bits per heavy atom.